The molecule has 2 aromatic carbocycles. The van der Waals surface area contributed by atoms with E-state index < -0.39 is 10.0 Å². The summed E-state index contributed by atoms with van der Waals surface area (Å²) >= 11 is 0. The number of ether oxygens (including phenoxy) is 1. The quantitative estimate of drug-likeness (QED) is 0.615. The van der Waals surface area contributed by atoms with Gasteiger partial charge in [0.15, 0.2) is 0 Å². The Morgan fingerprint density at radius 3 is 2.16 bits per heavy atom. The highest BCUT2D eigenvalue weighted by Crippen LogP contribution is 2.26. The minimum atomic E-state index is -3.91. The standard InChI is InChI=1S/C25H34N2O4S/c1-3-31-23-15-13-22(14-16-23)27(32(29,30)24-17-11-20(2)12-18-24)19-25(28)26-21-9-7-5-4-6-8-10-21/h11-18,21H,3-10,19H2,1-2H3,(H,26,28). The Morgan fingerprint density at radius 1 is 0.969 bits per heavy atom. The van der Waals surface area contributed by atoms with Gasteiger partial charge in [0.2, 0.25) is 5.91 Å². The fourth-order valence-electron chi connectivity index (χ4n) is 4.03. The van der Waals surface area contributed by atoms with Crippen molar-refractivity contribution in [1.29, 1.82) is 0 Å². The van der Waals surface area contributed by atoms with Gasteiger partial charge >= 0.3 is 0 Å². The molecule has 0 heterocycles. The fourth-order valence-corrected chi connectivity index (χ4v) is 5.45. The molecule has 2 aromatic rings. The maximum atomic E-state index is 13.5. The van der Waals surface area contributed by atoms with Gasteiger partial charge in [0, 0.05) is 6.04 Å². The third-order valence-electron chi connectivity index (χ3n) is 5.80. The minimum absolute atomic E-state index is 0.104. The van der Waals surface area contributed by atoms with Gasteiger partial charge < -0.3 is 10.1 Å². The normalized spacial score (nSPS) is 15.4. The van der Waals surface area contributed by atoms with E-state index in [0.29, 0.717) is 18.0 Å². The molecule has 0 aliphatic heterocycles. The van der Waals surface area contributed by atoms with Crippen molar-refractivity contribution in [2.45, 2.75) is 69.7 Å². The summed E-state index contributed by atoms with van der Waals surface area (Å²) in [6, 6.07) is 13.6. The molecule has 1 aliphatic rings. The number of anilines is 1. The van der Waals surface area contributed by atoms with Gasteiger partial charge in [0.05, 0.1) is 17.2 Å². The van der Waals surface area contributed by atoms with Crippen LogP contribution >= 0.6 is 0 Å². The highest BCUT2D eigenvalue weighted by molar-refractivity contribution is 7.92. The molecule has 0 saturated heterocycles. The molecular weight excluding hydrogens is 424 g/mol. The molecule has 1 fully saturated rings. The van der Waals surface area contributed by atoms with E-state index in [-0.39, 0.29) is 23.4 Å². The van der Waals surface area contributed by atoms with E-state index in [1.54, 1.807) is 48.5 Å². The van der Waals surface area contributed by atoms with Crippen LogP contribution < -0.4 is 14.4 Å². The van der Waals surface area contributed by atoms with Crippen LogP contribution in [0.2, 0.25) is 0 Å². The first-order valence-corrected chi connectivity index (χ1v) is 13.0. The lowest BCUT2D eigenvalue weighted by Gasteiger charge is -2.26. The lowest BCUT2D eigenvalue weighted by atomic mass is 9.97. The van der Waals surface area contributed by atoms with Crippen molar-refractivity contribution >= 4 is 21.6 Å². The molecule has 7 heteroatoms. The number of aryl methyl sites for hydroxylation is 1. The summed E-state index contributed by atoms with van der Waals surface area (Å²) < 4.78 is 33.7. The molecule has 0 unspecified atom stereocenters. The van der Waals surface area contributed by atoms with Crippen LogP contribution in [-0.2, 0) is 14.8 Å². The van der Waals surface area contributed by atoms with E-state index in [2.05, 4.69) is 5.32 Å². The zero-order valence-corrected chi connectivity index (χ0v) is 19.9. The number of sulfonamides is 1. The smallest absolute Gasteiger partial charge is 0.264 e. The van der Waals surface area contributed by atoms with Gasteiger partial charge in [-0.3, -0.25) is 9.10 Å². The largest absolute Gasteiger partial charge is 0.494 e. The van der Waals surface area contributed by atoms with Crippen molar-refractivity contribution in [2.24, 2.45) is 0 Å². The van der Waals surface area contributed by atoms with Gasteiger partial charge in [-0.15, -0.1) is 0 Å². The average molecular weight is 459 g/mol. The summed E-state index contributed by atoms with van der Waals surface area (Å²) in [4.78, 5) is 13.1. The number of rotatable bonds is 8. The lowest BCUT2D eigenvalue weighted by Crippen LogP contribution is -2.44. The molecule has 1 N–H and O–H groups in total. The molecular formula is C25H34N2O4S. The van der Waals surface area contributed by atoms with Crippen LogP contribution in [0.5, 0.6) is 5.75 Å². The Balaban J connectivity index is 1.84. The Bertz CT molecular complexity index is 964. The first-order chi connectivity index (χ1) is 15.4. The number of carbonyl (C=O) groups is 1. The molecule has 0 bridgehead atoms. The highest BCUT2D eigenvalue weighted by atomic mass is 32.2. The maximum Gasteiger partial charge on any atom is 0.264 e. The Kier molecular flexibility index (Phi) is 8.56. The van der Waals surface area contributed by atoms with Gasteiger partial charge in [0.25, 0.3) is 10.0 Å². The predicted molar refractivity (Wildman–Crippen MR) is 128 cm³/mol. The van der Waals surface area contributed by atoms with E-state index in [0.717, 1.165) is 31.2 Å². The number of nitrogens with one attached hydrogen (secondary N) is 1. The summed E-state index contributed by atoms with van der Waals surface area (Å²) in [6.07, 6.45) is 7.70. The summed E-state index contributed by atoms with van der Waals surface area (Å²) in [7, 11) is -3.91. The van der Waals surface area contributed by atoms with Crippen molar-refractivity contribution in [1.82, 2.24) is 5.32 Å². The first kappa shape index (κ1) is 24.1. The van der Waals surface area contributed by atoms with E-state index in [9.17, 15) is 13.2 Å². The van der Waals surface area contributed by atoms with E-state index >= 15 is 0 Å². The van der Waals surface area contributed by atoms with E-state index in [1.807, 2.05) is 13.8 Å². The van der Waals surface area contributed by atoms with Gasteiger partial charge in [-0.2, -0.15) is 0 Å². The van der Waals surface area contributed by atoms with Crippen molar-refractivity contribution in [2.75, 3.05) is 17.5 Å². The molecule has 0 radical (unpaired) electrons. The third kappa shape index (κ3) is 6.48. The van der Waals surface area contributed by atoms with Crippen LogP contribution in [-0.4, -0.2) is 33.5 Å². The lowest BCUT2D eigenvalue weighted by molar-refractivity contribution is -0.120. The number of amides is 1. The second-order valence-electron chi connectivity index (χ2n) is 8.36. The maximum absolute atomic E-state index is 13.5. The summed E-state index contributed by atoms with van der Waals surface area (Å²) in [5.41, 5.74) is 1.40. The van der Waals surface area contributed by atoms with Crippen LogP contribution in [0.25, 0.3) is 0 Å². The average Bonchev–Trinajstić information content (AvgIpc) is 2.75. The van der Waals surface area contributed by atoms with Gasteiger partial charge in [-0.05, 0) is 63.1 Å². The van der Waals surface area contributed by atoms with Crippen molar-refractivity contribution in [3.63, 3.8) is 0 Å². The first-order valence-electron chi connectivity index (χ1n) is 11.5. The molecule has 174 valence electrons. The number of hydrogen-bond donors (Lipinski definition) is 1. The van der Waals surface area contributed by atoms with E-state index in [1.165, 1.54) is 23.6 Å². The SMILES string of the molecule is CCOc1ccc(N(CC(=O)NC2CCCCCCC2)S(=O)(=O)c2ccc(C)cc2)cc1. The van der Waals surface area contributed by atoms with Gasteiger partial charge in [0.1, 0.15) is 12.3 Å². The van der Waals surface area contributed by atoms with Crippen LogP contribution in [0.4, 0.5) is 5.69 Å². The van der Waals surface area contributed by atoms with Crippen LogP contribution in [0, 0.1) is 6.92 Å². The molecule has 32 heavy (non-hydrogen) atoms. The summed E-state index contributed by atoms with van der Waals surface area (Å²) in [5.74, 6) is 0.378. The van der Waals surface area contributed by atoms with Crippen LogP contribution in [0.1, 0.15) is 57.4 Å². The van der Waals surface area contributed by atoms with Gasteiger partial charge in [-0.25, -0.2) is 8.42 Å². The highest BCUT2D eigenvalue weighted by Gasteiger charge is 2.28. The Hall–Kier alpha value is -2.54. The molecule has 6 nitrogen and oxygen atoms in total. The summed E-state index contributed by atoms with van der Waals surface area (Å²) in [5, 5.41) is 3.08. The Morgan fingerprint density at radius 2 is 1.56 bits per heavy atom. The molecule has 0 aromatic heterocycles. The van der Waals surface area contributed by atoms with Crippen LogP contribution in [0.15, 0.2) is 53.4 Å². The molecule has 1 saturated carbocycles. The number of benzene rings is 2. The van der Waals surface area contributed by atoms with Crippen molar-refractivity contribution in [3.8, 4) is 5.75 Å². The molecule has 1 amide bonds. The number of nitrogens with zero attached hydrogens (tertiary/aromatic N) is 1. The fraction of sp³-hybridized carbons (Fsp3) is 0.480. The predicted octanol–water partition coefficient (Wildman–Crippen LogP) is 4.82. The topological polar surface area (TPSA) is 75.7 Å². The molecule has 3 rings (SSSR count). The van der Waals surface area contributed by atoms with Gasteiger partial charge in [-0.1, -0.05) is 49.8 Å². The second-order valence-corrected chi connectivity index (χ2v) is 10.2. The van der Waals surface area contributed by atoms with E-state index in [4.69, 9.17) is 4.74 Å². The van der Waals surface area contributed by atoms with Crippen molar-refractivity contribution in [3.05, 3.63) is 54.1 Å². The third-order valence-corrected chi connectivity index (χ3v) is 7.59. The molecule has 1 aliphatic carbocycles. The van der Waals surface area contributed by atoms with Crippen molar-refractivity contribution < 1.29 is 17.9 Å². The molecule has 0 spiro atoms. The molecule has 0 atom stereocenters. The van der Waals surface area contributed by atoms with Crippen LogP contribution in [0.3, 0.4) is 0 Å². The summed E-state index contributed by atoms with van der Waals surface area (Å²) in [6.45, 7) is 4.06. The zero-order chi connectivity index (χ0) is 23.0. The number of carbonyl (C=O) groups excluding carboxylic acids is 1. The minimum Gasteiger partial charge on any atom is -0.494 e. The second kappa shape index (κ2) is 11.4. The Labute approximate surface area is 192 Å². The zero-order valence-electron chi connectivity index (χ0n) is 19.0. The number of hydrogen-bond acceptors (Lipinski definition) is 4. The monoisotopic (exact) mass is 458 g/mol.